The molecule has 2 N–H and O–H groups in total. The van der Waals surface area contributed by atoms with Crippen molar-refractivity contribution in [1.82, 2.24) is 9.91 Å². The van der Waals surface area contributed by atoms with Gasteiger partial charge in [-0.3, -0.25) is 5.84 Å². The van der Waals surface area contributed by atoms with Gasteiger partial charge in [0, 0.05) is 38.1 Å². The van der Waals surface area contributed by atoms with Crippen molar-refractivity contribution >= 4 is 0 Å². The van der Waals surface area contributed by atoms with Crippen LogP contribution in [0.15, 0.2) is 0 Å². The highest BCUT2D eigenvalue weighted by Crippen LogP contribution is 2.34. The third kappa shape index (κ3) is 1.80. The van der Waals surface area contributed by atoms with Crippen LogP contribution in [0.3, 0.4) is 0 Å². The molecule has 3 aliphatic rings. The van der Waals surface area contributed by atoms with Gasteiger partial charge >= 0.3 is 0 Å². The number of fused-ring (bicyclic) bond motifs is 1. The SMILES string of the molecule is CC1(CN2C[C@H]3CN(N)C[C@H]3C2)COC1. The maximum Gasteiger partial charge on any atom is 0.0554 e. The Morgan fingerprint density at radius 3 is 2.27 bits per heavy atom. The molecule has 4 nitrogen and oxygen atoms in total. The summed E-state index contributed by atoms with van der Waals surface area (Å²) >= 11 is 0. The molecule has 0 aliphatic carbocycles. The van der Waals surface area contributed by atoms with Crippen LogP contribution in [-0.2, 0) is 4.74 Å². The third-order valence-corrected chi connectivity index (χ3v) is 4.10. The van der Waals surface area contributed by atoms with Crippen LogP contribution >= 0.6 is 0 Å². The van der Waals surface area contributed by atoms with E-state index < -0.39 is 0 Å². The van der Waals surface area contributed by atoms with E-state index in [4.69, 9.17) is 10.6 Å². The largest absolute Gasteiger partial charge is 0.380 e. The molecular formula is C11H21N3O. The summed E-state index contributed by atoms with van der Waals surface area (Å²) in [5.41, 5.74) is 0.432. The zero-order valence-corrected chi connectivity index (χ0v) is 9.48. The molecule has 2 atom stereocenters. The number of likely N-dealkylation sites (tertiary alicyclic amines) is 1. The molecule has 0 radical (unpaired) electrons. The Morgan fingerprint density at radius 1 is 1.20 bits per heavy atom. The Hall–Kier alpha value is -0.160. The lowest BCUT2D eigenvalue weighted by molar-refractivity contribution is -0.113. The molecule has 0 saturated carbocycles. The van der Waals surface area contributed by atoms with Crippen LogP contribution in [0.5, 0.6) is 0 Å². The third-order valence-electron chi connectivity index (χ3n) is 4.10. The summed E-state index contributed by atoms with van der Waals surface area (Å²) in [7, 11) is 0. The minimum absolute atomic E-state index is 0.432. The molecule has 4 heteroatoms. The van der Waals surface area contributed by atoms with Crippen molar-refractivity contribution in [3.63, 3.8) is 0 Å². The lowest BCUT2D eigenvalue weighted by Crippen LogP contribution is -2.48. The summed E-state index contributed by atoms with van der Waals surface area (Å²) in [6.07, 6.45) is 0. The monoisotopic (exact) mass is 211 g/mol. The van der Waals surface area contributed by atoms with Crippen LogP contribution in [0.4, 0.5) is 0 Å². The van der Waals surface area contributed by atoms with E-state index in [1.165, 1.54) is 19.6 Å². The van der Waals surface area contributed by atoms with Crippen LogP contribution in [0.1, 0.15) is 6.92 Å². The number of hydrogen-bond acceptors (Lipinski definition) is 4. The molecule has 3 fully saturated rings. The molecule has 0 aromatic carbocycles. The molecule has 86 valence electrons. The fourth-order valence-corrected chi connectivity index (χ4v) is 3.34. The second-order valence-electron chi connectivity index (χ2n) is 5.97. The van der Waals surface area contributed by atoms with Gasteiger partial charge in [0.25, 0.3) is 0 Å². The molecule has 0 unspecified atom stereocenters. The van der Waals surface area contributed by atoms with Crippen molar-refractivity contribution in [2.24, 2.45) is 23.1 Å². The fourth-order valence-electron chi connectivity index (χ4n) is 3.34. The summed E-state index contributed by atoms with van der Waals surface area (Å²) in [6.45, 7) is 10.1. The van der Waals surface area contributed by atoms with Crippen LogP contribution in [0.25, 0.3) is 0 Å². The van der Waals surface area contributed by atoms with Gasteiger partial charge in [-0.05, 0) is 11.8 Å². The molecule has 3 saturated heterocycles. The smallest absolute Gasteiger partial charge is 0.0554 e. The zero-order chi connectivity index (χ0) is 10.5. The van der Waals surface area contributed by atoms with Gasteiger partial charge in [-0.2, -0.15) is 0 Å². The Balaban J connectivity index is 1.54. The average molecular weight is 211 g/mol. The number of hydrogen-bond donors (Lipinski definition) is 1. The molecule has 3 rings (SSSR count). The Morgan fingerprint density at radius 2 is 1.80 bits per heavy atom. The lowest BCUT2D eigenvalue weighted by Gasteiger charge is -2.41. The second-order valence-corrected chi connectivity index (χ2v) is 5.97. The summed E-state index contributed by atoms with van der Waals surface area (Å²) in [6, 6.07) is 0. The van der Waals surface area contributed by atoms with Crippen molar-refractivity contribution in [2.75, 3.05) is 45.9 Å². The zero-order valence-electron chi connectivity index (χ0n) is 9.48. The van der Waals surface area contributed by atoms with E-state index in [1.807, 2.05) is 5.01 Å². The predicted octanol–water partition coefficient (Wildman–Crippen LogP) is -0.240. The first-order valence-electron chi connectivity index (χ1n) is 5.94. The van der Waals surface area contributed by atoms with Crippen molar-refractivity contribution in [3.05, 3.63) is 0 Å². The molecule has 0 spiro atoms. The molecule has 3 heterocycles. The Bertz CT molecular complexity index is 240. The predicted molar refractivity (Wildman–Crippen MR) is 58.1 cm³/mol. The molecule has 3 aliphatic heterocycles. The van der Waals surface area contributed by atoms with Crippen molar-refractivity contribution in [2.45, 2.75) is 6.92 Å². The van der Waals surface area contributed by atoms with E-state index >= 15 is 0 Å². The average Bonchev–Trinajstić information content (AvgIpc) is 2.58. The van der Waals surface area contributed by atoms with E-state index in [-0.39, 0.29) is 0 Å². The number of rotatable bonds is 2. The van der Waals surface area contributed by atoms with Crippen molar-refractivity contribution in [1.29, 1.82) is 0 Å². The van der Waals surface area contributed by atoms with E-state index in [0.29, 0.717) is 5.41 Å². The normalized spacial score (nSPS) is 40.4. The van der Waals surface area contributed by atoms with Crippen LogP contribution < -0.4 is 5.84 Å². The van der Waals surface area contributed by atoms with Gasteiger partial charge in [-0.25, -0.2) is 5.01 Å². The molecular weight excluding hydrogens is 190 g/mol. The first-order chi connectivity index (χ1) is 7.15. The minimum Gasteiger partial charge on any atom is -0.380 e. The van der Waals surface area contributed by atoms with E-state index in [2.05, 4.69) is 11.8 Å². The van der Waals surface area contributed by atoms with Crippen LogP contribution in [0, 0.1) is 17.3 Å². The highest BCUT2D eigenvalue weighted by Gasteiger charge is 2.42. The molecule has 0 amide bonds. The van der Waals surface area contributed by atoms with Crippen LogP contribution in [0.2, 0.25) is 0 Å². The van der Waals surface area contributed by atoms with Gasteiger partial charge in [0.2, 0.25) is 0 Å². The standard InChI is InChI=1S/C11H21N3O/c1-11(7-15-8-11)6-13-2-9-4-14(12)5-10(9)3-13/h9-10H,2-8,12H2,1H3/t9-,10+. The maximum absolute atomic E-state index is 5.83. The number of hydrazine groups is 1. The highest BCUT2D eigenvalue weighted by atomic mass is 16.5. The van der Waals surface area contributed by atoms with Gasteiger partial charge in [0.05, 0.1) is 13.2 Å². The second kappa shape index (κ2) is 3.42. The van der Waals surface area contributed by atoms with Gasteiger partial charge in [-0.1, -0.05) is 6.92 Å². The molecule has 0 aromatic heterocycles. The summed E-state index contributed by atoms with van der Waals surface area (Å²) < 4.78 is 5.30. The maximum atomic E-state index is 5.83. The number of nitrogens with zero attached hydrogens (tertiary/aromatic N) is 2. The summed E-state index contributed by atoms with van der Waals surface area (Å²) in [4.78, 5) is 2.62. The van der Waals surface area contributed by atoms with E-state index in [1.54, 1.807) is 0 Å². The Labute approximate surface area is 91.3 Å². The van der Waals surface area contributed by atoms with Gasteiger partial charge in [0.1, 0.15) is 0 Å². The van der Waals surface area contributed by atoms with Gasteiger partial charge < -0.3 is 9.64 Å². The topological polar surface area (TPSA) is 41.7 Å². The lowest BCUT2D eigenvalue weighted by atomic mass is 9.88. The van der Waals surface area contributed by atoms with Gasteiger partial charge in [-0.15, -0.1) is 0 Å². The summed E-state index contributed by atoms with van der Waals surface area (Å²) in [5, 5.41) is 1.99. The molecule has 0 aromatic rings. The number of nitrogens with two attached hydrogens (primary N) is 1. The molecule has 15 heavy (non-hydrogen) atoms. The summed E-state index contributed by atoms with van der Waals surface area (Å²) in [5.74, 6) is 7.47. The van der Waals surface area contributed by atoms with Crippen molar-refractivity contribution < 1.29 is 4.74 Å². The van der Waals surface area contributed by atoms with E-state index in [9.17, 15) is 0 Å². The van der Waals surface area contributed by atoms with E-state index in [0.717, 1.165) is 38.1 Å². The Kier molecular flexibility index (Phi) is 2.28. The fraction of sp³-hybridized carbons (Fsp3) is 1.00. The molecule has 0 bridgehead atoms. The number of ether oxygens (including phenoxy) is 1. The van der Waals surface area contributed by atoms with Gasteiger partial charge in [0.15, 0.2) is 0 Å². The van der Waals surface area contributed by atoms with Crippen LogP contribution in [-0.4, -0.2) is 55.8 Å². The quantitative estimate of drug-likeness (QED) is 0.640. The first kappa shape index (κ1) is 10.0. The van der Waals surface area contributed by atoms with Crippen molar-refractivity contribution in [3.8, 4) is 0 Å². The highest BCUT2D eigenvalue weighted by molar-refractivity contribution is 4.94. The minimum atomic E-state index is 0.432. The first-order valence-corrected chi connectivity index (χ1v) is 5.94.